The Morgan fingerprint density at radius 2 is 0.825 bits per heavy atom. The van der Waals surface area contributed by atoms with Crippen LogP contribution in [-0.4, -0.2) is 14.8 Å². The van der Waals surface area contributed by atoms with E-state index in [1.807, 2.05) is 22.7 Å². The Kier molecular flexibility index (Phi) is 7.40. The SMILES string of the molecule is C[Si]1(C)c2cccc3c2B2c4c(cc(N(c5ccccc5)c5ccccc5)cc4N(c4ccc5c(c4)sc4ccccc45)c4cccc1c42)N3c1ccc2c(c1)sc1ccccc12. The molecule has 5 heterocycles. The van der Waals surface area contributed by atoms with Crippen LogP contribution in [0.2, 0.25) is 13.1 Å². The van der Waals surface area contributed by atoms with Crippen LogP contribution in [0.3, 0.4) is 0 Å². The van der Waals surface area contributed by atoms with E-state index in [1.165, 1.54) is 90.9 Å². The van der Waals surface area contributed by atoms with Crippen molar-refractivity contribution in [1.82, 2.24) is 0 Å². The number of benzene rings is 9. The Bertz CT molecular complexity index is 3470. The zero-order chi connectivity index (χ0) is 41.6. The average molecular weight is 856 g/mol. The number of hydrogen-bond acceptors (Lipinski definition) is 5. The molecule has 3 aliphatic rings. The summed E-state index contributed by atoms with van der Waals surface area (Å²) in [5.41, 5.74) is 15.1. The zero-order valence-electron chi connectivity index (χ0n) is 34.7. The third-order valence-corrected chi connectivity index (χ3v) is 19.8. The van der Waals surface area contributed by atoms with Gasteiger partial charge in [0.15, 0.2) is 0 Å². The van der Waals surface area contributed by atoms with Crippen molar-refractivity contribution >= 4 is 156 Å². The summed E-state index contributed by atoms with van der Waals surface area (Å²) in [5.74, 6) is 0. The smallest absolute Gasteiger partial charge is 0.251 e. The van der Waals surface area contributed by atoms with E-state index < -0.39 is 8.07 Å². The zero-order valence-corrected chi connectivity index (χ0v) is 37.3. The molecular formula is C56H38BN3S2Si. The van der Waals surface area contributed by atoms with Gasteiger partial charge in [-0.25, -0.2) is 0 Å². The number of hydrogen-bond donors (Lipinski definition) is 0. The van der Waals surface area contributed by atoms with E-state index >= 15 is 0 Å². The van der Waals surface area contributed by atoms with E-state index in [-0.39, 0.29) is 6.71 Å². The molecule has 11 aromatic rings. The summed E-state index contributed by atoms with van der Waals surface area (Å²) in [7, 11) is -2.18. The van der Waals surface area contributed by atoms with Crippen molar-refractivity contribution in [2.45, 2.75) is 13.1 Å². The topological polar surface area (TPSA) is 9.72 Å². The van der Waals surface area contributed by atoms with Gasteiger partial charge in [-0.1, -0.05) is 133 Å². The molecule has 0 spiro atoms. The first kappa shape index (κ1) is 35.7. The molecular weight excluding hydrogens is 818 g/mol. The van der Waals surface area contributed by atoms with Crippen LogP contribution in [0, 0.1) is 0 Å². The summed E-state index contributed by atoms with van der Waals surface area (Å²) in [6, 6.07) is 73.1. The third kappa shape index (κ3) is 4.95. The van der Waals surface area contributed by atoms with Crippen LogP contribution in [0.25, 0.3) is 40.3 Å². The Morgan fingerprint density at radius 1 is 0.381 bits per heavy atom. The predicted molar refractivity (Wildman–Crippen MR) is 278 cm³/mol. The summed E-state index contributed by atoms with van der Waals surface area (Å²) in [4.78, 5) is 7.67. The lowest BCUT2D eigenvalue weighted by Crippen LogP contribution is -2.79. The van der Waals surface area contributed by atoms with E-state index in [4.69, 9.17) is 0 Å². The molecule has 0 bridgehead atoms. The van der Waals surface area contributed by atoms with Crippen molar-refractivity contribution in [3.8, 4) is 0 Å². The Labute approximate surface area is 375 Å². The highest BCUT2D eigenvalue weighted by Crippen LogP contribution is 2.50. The molecule has 7 heteroatoms. The van der Waals surface area contributed by atoms with Crippen molar-refractivity contribution in [2.24, 2.45) is 0 Å². The van der Waals surface area contributed by atoms with E-state index in [0.29, 0.717) is 0 Å². The van der Waals surface area contributed by atoms with Crippen LogP contribution in [0.15, 0.2) is 194 Å². The molecule has 2 aromatic heterocycles. The van der Waals surface area contributed by atoms with Crippen LogP contribution in [-0.2, 0) is 0 Å². The quantitative estimate of drug-likeness (QED) is 0.160. The van der Waals surface area contributed by atoms with Crippen molar-refractivity contribution in [3.05, 3.63) is 194 Å². The molecule has 0 radical (unpaired) electrons. The lowest BCUT2D eigenvalue weighted by molar-refractivity contribution is 1.23. The van der Waals surface area contributed by atoms with Crippen molar-refractivity contribution in [3.63, 3.8) is 0 Å². The first-order valence-electron chi connectivity index (χ1n) is 21.8. The van der Waals surface area contributed by atoms with Gasteiger partial charge >= 0.3 is 0 Å². The fourth-order valence-electron chi connectivity index (χ4n) is 11.3. The summed E-state index contributed by atoms with van der Waals surface area (Å²) < 4.78 is 5.26. The van der Waals surface area contributed by atoms with Crippen molar-refractivity contribution in [2.75, 3.05) is 14.7 Å². The highest BCUT2D eigenvalue weighted by Gasteiger charge is 2.52. The largest absolute Gasteiger partial charge is 0.311 e. The number of para-hydroxylation sites is 2. The normalized spacial score (nSPS) is 14.2. The molecule has 0 aliphatic carbocycles. The Hall–Kier alpha value is -6.90. The highest BCUT2D eigenvalue weighted by molar-refractivity contribution is 7.26. The Balaban J connectivity index is 1.12. The lowest BCUT2D eigenvalue weighted by Gasteiger charge is -2.50. The van der Waals surface area contributed by atoms with Crippen LogP contribution in [0.5, 0.6) is 0 Å². The number of fused-ring (bicyclic) bond motifs is 6. The highest BCUT2D eigenvalue weighted by atomic mass is 32.1. The third-order valence-electron chi connectivity index (χ3n) is 14.0. The number of nitrogens with zero attached hydrogens (tertiary/aromatic N) is 3. The molecule has 9 aromatic carbocycles. The minimum Gasteiger partial charge on any atom is -0.311 e. The molecule has 296 valence electrons. The lowest BCUT2D eigenvalue weighted by atomic mass is 9.33. The van der Waals surface area contributed by atoms with E-state index in [1.54, 1.807) is 10.4 Å². The minimum absolute atomic E-state index is 0.0949. The molecule has 3 nitrogen and oxygen atoms in total. The average Bonchev–Trinajstić information content (AvgIpc) is 3.89. The fourth-order valence-corrected chi connectivity index (χ4v) is 16.8. The molecule has 0 N–H and O–H groups in total. The van der Waals surface area contributed by atoms with Gasteiger partial charge in [-0.2, -0.15) is 0 Å². The molecule has 0 fully saturated rings. The van der Waals surface area contributed by atoms with Crippen LogP contribution in [0.4, 0.5) is 51.2 Å². The maximum Gasteiger partial charge on any atom is 0.251 e. The maximum absolute atomic E-state index is 2.62. The van der Waals surface area contributed by atoms with Crippen LogP contribution in [0.1, 0.15) is 0 Å². The monoisotopic (exact) mass is 855 g/mol. The molecule has 0 saturated carbocycles. The minimum atomic E-state index is -2.18. The van der Waals surface area contributed by atoms with Gasteiger partial charge in [0.2, 0.25) is 0 Å². The summed E-state index contributed by atoms with van der Waals surface area (Å²) >= 11 is 3.78. The maximum atomic E-state index is 2.62. The van der Waals surface area contributed by atoms with Gasteiger partial charge in [0.1, 0.15) is 8.07 Å². The molecule has 0 saturated heterocycles. The summed E-state index contributed by atoms with van der Waals surface area (Å²) in [5, 5.41) is 8.35. The first-order chi connectivity index (χ1) is 31.0. The summed E-state index contributed by atoms with van der Waals surface area (Å²) in [6.45, 7) is 5.24. The van der Waals surface area contributed by atoms with Crippen molar-refractivity contribution in [1.29, 1.82) is 0 Å². The number of anilines is 9. The molecule has 3 aliphatic heterocycles. The standard InChI is InChI=1S/C56H38BN3S2Si/c1-63(2)52-25-13-21-44-55(52)57-54-46(59(44)37-27-29-42-40-19-9-11-23-48(40)61-50(42)33-37)31-39(58(35-15-5-3-6-16-35)36-17-7-4-8-18-36)32-47(54)60(45-22-14-26-53(63)56(45)57)38-28-30-43-41-20-10-12-24-49(41)62-51(43)34-38/h3-34H,1-2H3. The second kappa shape index (κ2) is 13.1. The Morgan fingerprint density at radius 3 is 1.32 bits per heavy atom. The summed E-state index contributed by atoms with van der Waals surface area (Å²) in [6.07, 6.45) is 0. The van der Waals surface area contributed by atoms with Gasteiger partial charge < -0.3 is 14.7 Å². The molecule has 0 amide bonds. The van der Waals surface area contributed by atoms with E-state index in [0.717, 1.165) is 17.1 Å². The van der Waals surface area contributed by atoms with Gasteiger partial charge in [0.05, 0.1) is 5.69 Å². The first-order valence-corrected chi connectivity index (χ1v) is 26.4. The van der Waals surface area contributed by atoms with E-state index in [9.17, 15) is 0 Å². The number of rotatable bonds is 5. The number of thiophene rings is 2. The fraction of sp³-hybridized carbons (Fsp3) is 0.0357. The second-order valence-corrected chi connectivity index (χ2v) is 24.2. The van der Waals surface area contributed by atoms with Crippen LogP contribution >= 0.6 is 22.7 Å². The second-order valence-electron chi connectivity index (χ2n) is 17.7. The molecule has 0 atom stereocenters. The van der Waals surface area contributed by atoms with Gasteiger partial charge in [-0.05, 0) is 101 Å². The van der Waals surface area contributed by atoms with Gasteiger partial charge in [0.25, 0.3) is 6.71 Å². The van der Waals surface area contributed by atoms with Gasteiger partial charge in [-0.15, -0.1) is 22.7 Å². The predicted octanol–water partition coefficient (Wildman–Crippen LogP) is 13.1. The van der Waals surface area contributed by atoms with Gasteiger partial charge in [-0.3, -0.25) is 0 Å². The van der Waals surface area contributed by atoms with E-state index in [2.05, 4.69) is 222 Å². The molecule has 0 unspecified atom stereocenters. The van der Waals surface area contributed by atoms with Crippen LogP contribution < -0.4 is 41.5 Å². The molecule has 63 heavy (non-hydrogen) atoms. The van der Waals surface area contributed by atoms with Crippen molar-refractivity contribution < 1.29 is 0 Å². The van der Waals surface area contributed by atoms with Gasteiger partial charge in [0, 0.05) is 85.8 Å². The molecule has 14 rings (SSSR count).